The Bertz CT molecular complexity index is 458. The van der Waals surface area contributed by atoms with Gasteiger partial charge in [-0.3, -0.25) is 9.97 Å². The topological polar surface area (TPSA) is 41.0 Å². The van der Waals surface area contributed by atoms with Crippen LogP contribution >= 0.6 is 0 Å². The van der Waals surface area contributed by atoms with Gasteiger partial charge in [-0.15, -0.1) is 0 Å². The SMILES string of the molecule is CN(CCNCc1cccnc1)Cc1cccnc1. The molecule has 0 fully saturated rings. The maximum Gasteiger partial charge on any atom is 0.0312 e. The van der Waals surface area contributed by atoms with Gasteiger partial charge in [-0.2, -0.15) is 0 Å². The Morgan fingerprint density at radius 3 is 2.37 bits per heavy atom. The van der Waals surface area contributed by atoms with Crippen molar-refractivity contribution in [1.29, 1.82) is 0 Å². The van der Waals surface area contributed by atoms with E-state index in [2.05, 4.69) is 39.4 Å². The predicted octanol–water partition coefficient (Wildman–Crippen LogP) is 1.70. The van der Waals surface area contributed by atoms with Crippen molar-refractivity contribution in [2.24, 2.45) is 0 Å². The predicted molar refractivity (Wildman–Crippen MR) is 76.5 cm³/mol. The first-order valence-electron chi connectivity index (χ1n) is 6.51. The number of nitrogens with one attached hydrogen (secondary N) is 1. The van der Waals surface area contributed by atoms with Crippen molar-refractivity contribution < 1.29 is 0 Å². The molecule has 0 aliphatic rings. The van der Waals surface area contributed by atoms with E-state index >= 15 is 0 Å². The second-order valence-corrected chi connectivity index (χ2v) is 4.64. The maximum absolute atomic E-state index is 4.12. The van der Waals surface area contributed by atoms with Crippen molar-refractivity contribution in [3.8, 4) is 0 Å². The molecule has 0 bridgehead atoms. The molecular weight excluding hydrogens is 236 g/mol. The van der Waals surface area contributed by atoms with E-state index in [1.165, 1.54) is 11.1 Å². The van der Waals surface area contributed by atoms with E-state index in [1.807, 2.05) is 24.5 Å². The molecule has 0 unspecified atom stereocenters. The van der Waals surface area contributed by atoms with E-state index in [1.54, 1.807) is 12.4 Å². The van der Waals surface area contributed by atoms with Gasteiger partial charge in [0.1, 0.15) is 0 Å². The van der Waals surface area contributed by atoms with E-state index in [9.17, 15) is 0 Å². The zero-order chi connectivity index (χ0) is 13.3. The number of aromatic nitrogens is 2. The second-order valence-electron chi connectivity index (χ2n) is 4.64. The van der Waals surface area contributed by atoms with Gasteiger partial charge in [-0.25, -0.2) is 0 Å². The number of likely N-dealkylation sites (N-methyl/N-ethyl adjacent to an activating group) is 1. The van der Waals surface area contributed by atoms with Gasteiger partial charge in [0, 0.05) is 51.0 Å². The van der Waals surface area contributed by atoms with Crippen molar-refractivity contribution >= 4 is 0 Å². The fraction of sp³-hybridized carbons (Fsp3) is 0.333. The van der Waals surface area contributed by atoms with Crippen molar-refractivity contribution in [2.45, 2.75) is 13.1 Å². The zero-order valence-corrected chi connectivity index (χ0v) is 11.3. The Hall–Kier alpha value is -1.78. The number of nitrogens with zero attached hydrogens (tertiary/aromatic N) is 3. The maximum atomic E-state index is 4.12. The van der Waals surface area contributed by atoms with Gasteiger partial charge < -0.3 is 10.2 Å². The molecule has 0 amide bonds. The molecule has 2 rings (SSSR count). The third kappa shape index (κ3) is 5.16. The normalized spacial score (nSPS) is 10.8. The first kappa shape index (κ1) is 13.6. The molecule has 4 nitrogen and oxygen atoms in total. The lowest BCUT2D eigenvalue weighted by Gasteiger charge is -2.16. The molecule has 0 saturated heterocycles. The van der Waals surface area contributed by atoms with Crippen LogP contribution in [0, 0.1) is 0 Å². The summed E-state index contributed by atoms with van der Waals surface area (Å²) in [5.41, 5.74) is 2.47. The molecule has 0 aliphatic heterocycles. The van der Waals surface area contributed by atoms with Gasteiger partial charge in [-0.1, -0.05) is 12.1 Å². The minimum Gasteiger partial charge on any atom is -0.311 e. The molecule has 2 heterocycles. The van der Waals surface area contributed by atoms with Gasteiger partial charge >= 0.3 is 0 Å². The van der Waals surface area contributed by atoms with Gasteiger partial charge in [0.2, 0.25) is 0 Å². The summed E-state index contributed by atoms with van der Waals surface area (Å²) in [5.74, 6) is 0. The molecule has 0 spiro atoms. The lowest BCUT2D eigenvalue weighted by molar-refractivity contribution is 0.324. The third-order valence-corrected chi connectivity index (χ3v) is 2.90. The fourth-order valence-electron chi connectivity index (χ4n) is 1.89. The van der Waals surface area contributed by atoms with Crippen LogP contribution in [-0.2, 0) is 13.1 Å². The van der Waals surface area contributed by atoms with Gasteiger partial charge in [0.15, 0.2) is 0 Å². The van der Waals surface area contributed by atoms with Crippen LogP contribution in [0.2, 0.25) is 0 Å². The van der Waals surface area contributed by atoms with Gasteiger partial charge in [0.05, 0.1) is 0 Å². The van der Waals surface area contributed by atoms with Crippen LogP contribution in [-0.4, -0.2) is 35.0 Å². The van der Waals surface area contributed by atoms with Crippen LogP contribution in [0.3, 0.4) is 0 Å². The highest BCUT2D eigenvalue weighted by molar-refractivity contribution is 5.08. The van der Waals surface area contributed by atoms with E-state index < -0.39 is 0 Å². The van der Waals surface area contributed by atoms with Gasteiger partial charge in [0.25, 0.3) is 0 Å². The average molecular weight is 256 g/mol. The zero-order valence-electron chi connectivity index (χ0n) is 11.3. The lowest BCUT2D eigenvalue weighted by Crippen LogP contribution is -2.28. The van der Waals surface area contributed by atoms with Crippen LogP contribution in [0.5, 0.6) is 0 Å². The van der Waals surface area contributed by atoms with Crippen LogP contribution in [0.15, 0.2) is 49.1 Å². The monoisotopic (exact) mass is 256 g/mol. The molecule has 0 atom stereocenters. The molecule has 2 aromatic heterocycles. The van der Waals surface area contributed by atoms with Crippen molar-refractivity contribution in [1.82, 2.24) is 20.2 Å². The Balaban J connectivity index is 1.63. The average Bonchev–Trinajstić information content (AvgIpc) is 2.46. The molecule has 0 aliphatic carbocycles. The molecule has 19 heavy (non-hydrogen) atoms. The summed E-state index contributed by atoms with van der Waals surface area (Å²) in [7, 11) is 2.12. The molecule has 0 saturated carbocycles. The Morgan fingerprint density at radius 2 is 1.74 bits per heavy atom. The number of pyridine rings is 2. The lowest BCUT2D eigenvalue weighted by atomic mass is 10.2. The van der Waals surface area contributed by atoms with E-state index in [4.69, 9.17) is 0 Å². The Labute approximate surface area is 114 Å². The minimum absolute atomic E-state index is 0.870. The van der Waals surface area contributed by atoms with Crippen LogP contribution in [0.1, 0.15) is 11.1 Å². The van der Waals surface area contributed by atoms with E-state index in [0.29, 0.717) is 0 Å². The quantitative estimate of drug-likeness (QED) is 0.766. The standard InChI is InChI=1S/C15H20N4/c1-19(13-15-5-3-7-17-12-15)9-8-18-11-14-4-2-6-16-10-14/h2-7,10,12,18H,8-9,11,13H2,1H3. The number of hydrogen-bond acceptors (Lipinski definition) is 4. The second kappa shape index (κ2) is 7.61. The molecule has 100 valence electrons. The first-order chi connectivity index (χ1) is 9.34. The smallest absolute Gasteiger partial charge is 0.0312 e. The Morgan fingerprint density at radius 1 is 1.05 bits per heavy atom. The van der Waals surface area contributed by atoms with E-state index in [0.717, 1.165) is 26.2 Å². The van der Waals surface area contributed by atoms with Gasteiger partial charge in [-0.05, 0) is 30.3 Å². The summed E-state index contributed by atoms with van der Waals surface area (Å²) in [6, 6.07) is 8.13. The molecular formula is C15H20N4. The van der Waals surface area contributed by atoms with Crippen molar-refractivity contribution in [2.75, 3.05) is 20.1 Å². The highest BCUT2D eigenvalue weighted by atomic mass is 15.1. The number of rotatable bonds is 7. The van der Waals surface area contributed by atoms with Crippen LogP contribution in [0.4, 0.5) is 0 Å². The minimum atomic E-state index is 0.870. The van der Waals surface area contributed by atoms with Crippen molar-refractivity contribution in [3.05, 3.63) is 60.2 Å². The molecule has 2 aromatic rings. The van der Waals surface area contributed by atoms with Crippen LogP contribution < -0.4 is 5.32 Å². The largest absolute Gasteiger partial charge is 0.311 e. The first-order valence-corrected chi connectivity index (χ1v) is 6.51. The van der Waals surface area contributed by atoms with Crippen LogP contribution in [0.25, 0.3) is 0 Å². The molecule has 1 N–H and O–H groups in total. The molecule has 0 aromatic carbocycles. The highest BCUT2D eigenvalue weighted by Gasteiger charge is 1.99. The highest BCUT2D eigenvalue weighted by Crippen LogP contribution is 2.00. The number of hydrogen-bond donors (Lipinski definition) is 1. The summed E-state index contributed by atoms with van der Waals surface area (Å²) in [5, 5.41) is 3.42. The van der Waals surface area contributed by atoms with E-state index in [-0.39, 0.29) is 0 Å². The fourth-order valence-corrected chi connectivity index (χ4v) is 1.89. The van der Waals surface area contributed by atoms with Crippen molar-refractivity contribution in [3.63, 3.8) is 0 Å². The summed E-state index contributed by atoms with van der Waals surface area (Å²) in [6.07, 6.45) is 7.41. The third-order valence-electron chi connectivity index (χ3n) is 2.90. The summed E-state index contributed by atoms with van der Waals surface area (Å²) in [6.45, 7) is 3.78. The summed E-state index contributed by atoms with van der Waals surface area (Å²) >= 11 is 0. The Kier molecular flexibility index (Phi) is 5.47. The molecule has 0 radical (unpaired) electrons. The molecule has 4 heteroatoms. The summed E-state index contributed by atoms with van der Waals surface area (Å²) < 4.78 is 0. The summed E-state index contributed by atoms with van der Waals surface area (Å²) in [4.78, 5) is 10.5.